The van der Waals surface area contributed by atoms with Gasteiger partial charge in [0.05, 0.1) is 11.4 Å². The minimum atomic E-state index is 1.14. The van der Waals surface area contributed by atoms with Crippen molar-refractivity contribution in [2.45, 2.75) is 41.5 Å². The maximum absolute atomic E-state index is 2.45. The summed E-state index contributed by atoms with van der Waals surface area (Å²) in [6.45, 7) is 13.0. The molecular weight excluding hydrogens is 556 g/mol. The number of anilines is 6. The van der Waals surface area contributed by atoms with E-state index in [0.29, 0.717) is 0 Å². The summed E-state index contributed by atoms with van der Waals surface area (Å²) in [5.41, 5.74) is 14.4. The van der Waals surface area contributed by atoms with Crippen molar-refractivity contribution in [3.63, 3.8) is 0 Å². The molecule has 46 heavy (non-hydrogen) atoms. The van der Waals surface area contributed by atoms with Crippen LogP contribution in [0.1, 0.15) is 33.4 Å². The molecule has 226 valence electrons. The molecule has 0 heterocycles. The third-order valence-corrected chi connectivity index (χ3v) is 8.99. The van der Waals surface area contributed by atoms with Crippen LogP contribution in [0.15, 0.2) is 133 Å². The molecule has 7 aromatic rings. The Kier molecular flexibility index (Phi) is 7.58. The topological polar surface area (TPSA) is 6.48 Å². The lowest BCUT2D eigenvalue weighted by atomic mass is 9.93. The summed E-state index contributed by atoms with van der Waals surface area (Å²) in [5, 5.41) is 4.86. The van der Waals surface area contributed by atoms with Crippen molar-refractivity contribution < 1.29 is 0 Å². The normalized spacial score (nSPS) is 11.3. The van der Waals surface area contributed by atoms with Crippen LogP contribution in [0.3, 0.4) is 0 Å². The Labute approximate surface area is 273 Å². The van der Waals surface area contributed by atoms with Crippen LogP contribution in [-0.4, -0.2) is 0 Å². The van der Waals surface area contributed by atoms with E-state index in [0.717, 1.165) is 22.7 Å². The molecular formula is C44H40N2. The molecule has 0 amide bonds. The van der Waals surface area contributed by atoms with E-state index in [9.17, 15) is 0 Å². The fourth-order valence-electron chi connectivity index (χ4n) is 6.48. The van der Waals surface area contributed by atoms with E-state index in [1.807, 2.05) is 0 Å². The Balaban J connectivity index is 1.64. The minimum absolute atomic E-state index is 1.14. The fraction of sp³-hybridized carbons (Fsp3) is 0.136. The molecule has 0 aliphatic heterocycles. The first-order valence-electron chi connectivity index (χ1n) is 16.1. The van der Waals surface area contributed by atoms with Crippen molar-refractivity contribution in [2.75, 3.05) is 9.80 Å². The Morgan fingerprint density at radius 1 is 0.261 bits per heavy atom. The summed E-state index contributed by atoms with van der Waals surface area (Å²) < 4.78 is 0. The van der Waals surface area contributed by atoms with E-state index >= 15 is 0 Å². The highest BCUT2D eigenvalue weighted by Gasteiger charge is 2.25. The molecule has 0 saturated heterocycles. The molecule has 7 rings (SSSR count). The van der Waals surface area contributed by atoms with E-state index in [4.69, 9.17) is 0 Å². The van der Waals surface area contributed by atoms with Gasteiger partial charge in [-0.2, -0.15) is 0 Å². The number of nitrogens with zero attached hydrogens (tertiary/aromatic N) is 2. The van der Waals surface area contributed by atoms with Gasteiger partial charge < -0.3 is 9.80 Å². The van der Waals surface area contributed by atoms with E-state index in [1.165, 1.54) is 66.3 Å². The smallest absolute Gasteiger partial charge is 0.0620 e. The SMILES string of the molecule is Cc1ccc(N(c2ccc(C)cc2)c2c3ccc(C)cc3c(N(c3ccc(C)cc3)c3ccc(C)cc3)c3cc(C)ccc23)cc1. The monoisotopic (exact) mass is 596 g/mol. The molecule has 0 spiro atoms. The average molecular weight is 597 g/mol. The van der Waals surface area contributed by atoms with Gasteiger partial charge in [0.2, 0.25) is 0 Å². The molecule has 0 N–H and O–H groups in total. The fourth-order valence-corrected chi connectivity index (χ4v) is 6.48. The highest BCUT2D eigenvalue weighted by Crippen LogP contribution is 2.51. The predicted molar refractivity (Wildman–Crippen MR) is 199 cm³/mol. The Morgan fingerprint density at radius 3 is 0.783 bits per heavy atom. The molecule has 2 heteroatoms. The van der Waals surface area contributed by atoms with Crippen LogP contribution in [0.4, 0.5) is 34.1 Å². The highest BCUT2D eigenvalue weighted by atomic mass is 15.2. The van der Waals surface area contributed by atoms with Crippen LogP contribution >= 0.6 is 0 Å². The third-order valence-electron chi connectivity index (χ3n) is 8.99. The summed E-state index contributed by atoms with van der Waals surface area (Å²) in [6, 6.07) is 49.5. The van der Waals surface area contributed by atoms with E-state index < -0.39 is 0 Å². The quantitative estimate of drug-likeness (QED) is 0.139. The third kappa shape index (κ3) is 5.41. The van der Waals surface area contributed by atoms with Crippen molar-refractivity contribution in [1.82, 2.24) is 0 Å². The molecule has 0 fully saturated rings. The molecule has 0 unspecified atom stereocenters. The van der Waals surface area contributed by atoms with E-state index in [-0.39, 0.29) is 0 Å². The number of fused-ring (bicyclic) bond motifs is 2. The van der Waals surface area contributed by atoms with Gasteiger partial charge in [-0.25, -0.2) is 0 Å². The molecule has 0 aliphatic carbocycles. The molecule has 0 aliphatic rings. The molecule has 0 saturated carbocycles. The van der Waals surface area contributed by atoms with Crippen LogP contribution in [0.25, 0.3) is 21.5 Å². The second kappa shape index (κ2) is 11.9. The zero-order valence-corrected chi connectivity index (χ0v) is 27.6. The predicted octanol–water partition coefficient (Wildman–Crippen LogP) is 12.8. The van der Waals surface area contributed by atoms with Gasteiger partial charge in [0, 0.05) is 44.3 Å². The maximum atomic E-state index is 2.45. The zero-order valence-electron chi connectivity index (χ0n) is 27.6. The van der Waals surface area contributed by atoms with E-state index in [2.05, 4.69) is 185 Å². The Morgan fingerprint density at radius 2 is 0.500 bits per heavy atom. The maximum Gasteiger partial charge on any atom is 0.0620 e. The zero-order chi connectivity index (χ0) is 31.9. The van der Waals surface area contributed by atoms with Gasteiger partial charge in [-0.3, -0.25) is 0 Å². The summed E-state index contributed by atoms with van der Waals surface area (Å²) in [7, 11) is 0. The second-order valence-electron chi connectivity index (χ2n) is 12.8. The number of rotatable bonds is 6. The lowest BCUT2D eigenvalue weighted by Crippen LogP contribution is -2.15. The van der Waals surface area contributed by atoms with Crippen molar-refractivity contribution in [3.05, 3.63) is 167 Å². The summed E-state index contributed by atoms with van der Waals surface area (Å²) in [6.07, 6.45) is 0. The van der Waals surface area contributed by atoms with Gasteiger partial charge in [-0.05, 0) is 102 Å². The average Bonchev–Trinajstić information content (AvgIpc) is 3.05. The number of hydrogen-bond acceptors (Lipinski definition) is 2. The first kappa shape index (κ1) is 29.4. The summed E-state index contributed by atoms with van der Waals surface area (Å²) >= 11 is 0. The minimum Gasteiger partial charge on any atom is -0.309 e. The van der Waals surface area contributed by atoms with E-state index in [1.54, 1.807) is 0 Å². The summed E-state index contributed by atoms with van der Waals surface area (Å²) in [4.78, 5) is 4.90. The van der Waals surface area contributed by atoms with Crippen LogP contribution < -0.4 is 9.80 Å². The lowest BCUT2D eigenvalue weighted by Gasteiger charge is -2.33. The first-order chi connectivity index (χ1) is 22.3. The van der Waals surface area contributed by atoms with Crippen molar-refractivity contribution in [3.8, 4) is 0 Å². The van der Waals surface area contributed by atoms with Crippen molar-refractivity contribution in [2.24, 2.45) is 0 Å². The molecule has 0 aromatic heterocycles. The van der Waals surface area contributed by atoms with Gasteiger partial charge >= 0.3 is 0 Å². The molecule has 7 aromatic carbocycles. The standard InChI is InChI=1S/C44H40N2/c1-29-7-17-35(18-8-29)45(36-19-9-30(2)10-20-36)43-39-25-15-33(5)27-41(39)44(42-28-34(6)16-26-40(42)43)46(37-21-11-31(3)12-22-37)38-23-13-32(4)14-24-38/h7-28H,1-6H3. The number of aryl methyl sites for hydroxylation is 6. The molecule has 2 nitrogen and oxygen atoms in total. The largest absolute Gasteiger partial charge is 0.309 e. The van der Waals surface area contributed by atoms with Gasteiger partial charge in [-0.15, -0.1) is 0 Å². The molecule has 0 radical (unpaired) electrons. The summed E-state index contributed by atoms with van der Waals surface area (Å²) in [5.74, 6) is 0. The Hall–Kier alpha value is -5.34. The van der Waals surface area contributed by atoms with Crippen molar-refractivity contribution >= 4 is 55.7 Å². The van der Waals surface area contributed by atoms with Crippen LogP contribution in [0, 0.1) is 41.5 Å². The highest BCUT2D eigenvalue weighted by molar-refractivity contribution is 6.23. The van der Waals surface area contributed by atoms with Crippen LogP contribution in [0.5, 0.6) is 0 Å². The second-order valence-corrected chi connectivity index (χ2v) is 12.8. The Bertz CT molecular complexity index is 2020. The number of benzene rings is 7. The van der Waals surface area contributed by atoms with Gasteiger partial charge in [0.1, 0.15) is 0 Å². The van der Waals surface area contributed by atoms with Crippen LogP contribution in [0.2, 0.25) is 0 Å². The first-order valence-corrected chi connectivity index (χ1v) is 16.1. The molecule has 0 bridgehead atoms. The van der Waals surface area contributed by atoms with Crippen LogP contribution in [-0.2, 0) is 0 Å². The number of hydrogen-bond donors (Lipinski definition) is 0. The van der Waals surface area contributed by atoms with Gasteiger partial charge in [0.15, 0.2) is 0 Å². The van der Waals surface area contributed by atoms with Gasteiger partial charge in [0.25, 0.3) is 0 Å². The van der Waals surface area contributed by atoms with Crippen molar-refractivity contribution in [1.29, 1.82) is 0 Å². The lowest BCUT2D eigenvalue weighted by molar-refractivity contribution is 1.27. The van der Waals surface area contributed by atoms with Gasteiger partial charge in [-0.1, -0.05) is 106 Å². The molecule has 0 atom stereocenters.